The first-order chi connectivity index (χ1) is 14.1. The molecule has 7 heteroatoms. The predicted molar refractivity (Wildman–Crippen MR) is 123 cm³/mol. The van der Waals surface area contributed by atoms with Crippen molar-refractivity contribution < 1.29 is 14.3 Å². The maximum Gasteiger partial charge on any atom is 0.271 e. The number of nitrogens with zero attached hydrogens (tertiary/aromatic N) is 1. The molecule has 3 aromatic carbocycles. The minimum atomic E-state index is -0.340. The van der Waals surface area contributed by atoms with Crippen LogP contribution in [0.3, 0.4) is 0 Å². The SMILES string of the molecule is COc1cc(/C=N\NC(=O)c2cccc(Cl)c2)cc(I)c1OCc1ccccc1. The summed E-state index contributed by atoms with van der Waals surface area (Å²) in [7, 11) is 1.59. The van der Waals surface area contributed by atoms with Gasteiger partial charge in [0.25, 0.3) is 5.91 Å². The Hall–Kier alpha value is -2.58. The van der Waals surface area contributed by atoms with Crippen LogP contribution in [0, 0.1) is 3.57 Å². The van der Waals surface area contributed by atoms with Crippen LogP contribution in [0.25, 0.3) is 0 Å². The first-order valence-electron chi connectivity index (χ1n) is 8.70. The van der Waals surface area contributed by atoms with Gasteiger partial charge >= 0.3 is 0 Å². The van der Waals surface area contributed by atoms with Crippen molar-refractivity contribution in [3.63, 3.8) is 0 Å². The van der Waals surface area contributed by atoms with Gasteiger partial charge < -0.3 is 9.47 Å². The van der Waals surface area contributed by atoms with E-state index in [1.54, 1.807) is 43.7 Å². The first kappa shape index (κ1) is 21.1. The molecule has 0 aliphatic carbocycles. The summed E-state index contributed by atoms with van der Waals surface area (Å²) in [5.74, 6) is 0.917. The maximum absolute atomic E-state index is 12.1. The Balaban J connectivity index is 1.69. The molecule has 5 nitrogen and oxygen atoms in total. The highest BCUT2D eigenvalue weighted by Crippen LogP contribution is 2.34. The van der Waals surface area contributed by atoms with Gasteiger partial charge in [0.15, 0.2) is 11.5 Å². The van der Waals surface area contributed by atoms with Gasteiger partial charge in [-0.1, -0.05) is 48.0 Å². The van der Waals surface area contributed by atoms with Crippen LogP contribution in [0.15, 0.2) is 71.8 Å². The van der Waals surface area contributed by atoms with E-state index in [9.17, 15) is 4.79 Å². The fourth-order valence-corrected chi connectivity index (χ4v) is 3.52. The summed E-state index contributed by atoms with van der Waals surface area (Å²) in [6.45, 7) is 0.441. The third kappa shape index (κ3) is 5.95. The lowest BCUT2D eigenvalue weighted by Crippen LogP contribution is -2.17. The number of hydrazone groups is 1. The van der Waals surface area contributed by atoms with E-state index < -0.39 is 0 Å². The normalized spacial score (nSPS) is 10.7. The molecule has 0 heterocycles. The highest BCUT2D eigenvalue weighted by molar-refractivity contribution is 14.1. The average molecular weight is 521 g/mol. The highest BCUT2D eigenvalue weighted by Gasteiger charge is 2.12. The molecule has 1 N–H and O–H groups in total. The van der Waals surface area contributed by atoms with E-state index in [4.69, 9.17) is 21.1 Å². The van der Waals surface area contributed by atoms with Gasteiger partial charge in [-0.15, -0.1) is 0 Å². The van der Waals surface area contributed by atoms with Crippen LogP contribution >= 0.6 is 34.2 Å². The highest BCUT2D eigenvalue weighted by atomic mass is 127. The summed E-state index contributed by atoms with van der Waals surface area (Å²) in [6.07, 6.45) is 1.55. The van der Waals surface area contributed by atoms with Crippen molar-refractivity contribution in [2.45, 2.75) is 6.61 Å². The van der Waals surface area contributed by atoms with Gasteiger partial charge in [-0.2, -0.15) is 5.10 Å². The summed E-state index contributed by atoms with van der Waals surface area (Å²) < 4.78 is 12.3. The molecule has 0 saturated carbocycles. The minimum Gasteiger partial charge on any atom is -0.493 e. The van der Waals surface area contributed by atoms with E-state index in [-0.39, 0.29) is 5.91 Å². The van der Waals surface area contributed by atoms with Crippen molar-refractivity contribution in [2.75, 3.05) is 7.11 Å². The molecule has 148 valence electrons. The molecule has 29 heavy (non-hydrogen) atoms. The Morgan fingerprint density at radius 1 is 1.14 bits per heavy atom. The second-order valence-corrected chi connectivity index (χ2v) is 7.62. The molecule has 0 aromatic heterocycles. The zero-order valence-corrected chi connectivity index (χ0v) is 18.5. The number of hydrogen-bond donors (Lipinski definition) is 1. The van der Waals surface area contributed by atoms with Crippen LogP contribution in [-0.2, 0) is 6.61 Å². The van der Waals surface area contributed by atoms with Crippen molar-refractivity contribution in [2.24, 2.45) is 5.10 Å². The predicted octanol–water partition coefficient (Wildman–Crippen LogP) is 5.30. The molecule has 0 radical (unpaired) electrons. The Kier molecular flexibility index (Phi) is 7.48. The van der Waals surface area contributed by atoms with Crippen molar-refractivity contribution in [1.82, 2.24) is 5.43 Å². The minimum absolute atomic E-state index is 0.340. The molecule has 0 saturated heterocycles. The molecule has 0 unspecified atom stereocenters. The number of methoxy groups -OCH3 is 1. The van der Waals surface area contributed by atoms with Gasteiger partial charge in [-0.05, 0) is 64.0 Å². The lowest BCUT2D eigenvalue weighted by Gasteiger charge is -2.13. The van der Waals surface area contributed by atoms with Gasteiger partial charge in [-0.25, -0.2) is 5.43 Å². The molecule has 0 atom stereocenters. The molecule has 0 spiro atoms. The van der Waals surface area contributed by atoms with Crippen molar-refractivity contribution in [1.29, 1.82) is 0 Å². The van der Waals surface area contributed by atoms with E-state index in [1.807, 2.05) is 36.4 Å². The number of rotatable bonds is 7. The number of amides is 1. The number of ether oxygens (including phenoxy) is 2. The summed E-state index contributed by atoms with van der Waals surface area (Å²) in [6, 6.07) is 20.3. The summed E-state index contributed by atoms with van der Waals surface area (Å²) in [4.78, 5) is 12.1. The number of halogens is 2. The molecule has 0 fully saturated rings. The van der Waals surface area contributed by atoms with Crippen LogP contribution in [0.2, 0.25) is 5.02 Å². The number of hydrogen-bond acceptors (Lipinski definition) is 4. The van der Waals surface area contributed by atoms with Crippen molar-refractivity contribution in [3.8, 4) is 11.5 Å². The monoisotopic (exact) mass is 520 g/mol. The molecule has 3 aromatic rings. The zero-order valence-electron chi connectivity index (χ0n) is 15.6. The Morgan fingerprint density at radius 3 is 2.66 bits per heavy atom. The van der Waals surface area contributed by atoms with Crippen LogP contribution in [0.5, 0.6) is 11.5 Å². The molecule has 0 bridgehead atoms. The van der Waals surface area contributed by atoms with E-state index in [1.165, 1.54) is 0 Å². The lowest BCUT2D eigenvalue weighted by molar-refractivity contribution is 0.0955. The van der Waals surface area contributed by atoms with Crippen molar-refractivity contribution in [3.05, 3.63) is 92.0 Å². The van der Waals surface area contributed by atoms with Gasteiger partial charge in [0.05, 0.1) is 16.9 Å². The van der Waals surface area contributed by atoms with Crippen molar-refractivity contribution >= 4 is 46.3 Å². The van der Waals surface area contributed by atoms with Crippen LogP contribution < -0.4 is 14.9 Å². The molecule has 3 rings (SSSR count). The fourth-order valence-electron chi connectivity index (χ4n) is 2.54. The topological polar surface area (TPSA) is 59.9 Å². The summed E-state index contributed by atoms with van der Waals surface area (Å²) >= 11 is 8.09. The van der Waals surface area contributed by atoms with E-state index in [0.29, 0.717) is 28.7 Å². The number of nitrogens with one attached hydrogen (secondary N) is 1. The first-order valence-corrected chi connectivity index (χ1v) is 10.2. The average Bonchev–Trinajstić information content (AvgIpc) is 2.73. The Morgan fingerprint density at radius 2 is 1.93 bits per heavy atom. The Bertz CT molecular complexity index is 1030. The fraction of sp³-hybridized carbons (Fsp3) is 0.0909. The van der Waals surface area contributed by atoms with Gasteiger partial charge in [-0.3, -0.25) is 4.79 Å². The standard InChI is InChI=1S/C22H18ClIN2O3/c1-28-20-11-16(13-25-26-22(27)17-8-5-9-18(23)12-17)10-19(24)21(20)29-14-15-6-3-2-4-7-15/h2-13H,14H2,1H3,(H,26,27)/b25-13-. The molecule has 0 aliphatic rings. The summed E-state index contributed by atoms with van der Waals surface area (Å²) in [5.41, 5.74) is 4.76. The lowest BCUT2D eigenvalue weighted by atomic mass is 10.2. The molecular weight excluding hydrogens is 503 g/mol. The van der Waals surface area contributed by atoms with Gasteiger partial charge in [0, 0.05) is 10.6 Å². The second kappa shape index (κ2) is 10.3. The maximum atomic E-state index is 12.1. The largest absolute Gasteiger partial charge is 0.493 e. The van der Waals surface area contributed by atoms with Gasteiger partial charge in [0.1, 0.15) is 6.61 Å². The third-order valence-electron chi connectivity index (χ3n) is 3.94. The quantitative estimate of drug-likeness (QED) is 0.261. The summed E-state index contributed by atoms with van der Waals surface area (Å²) in [5, 5.41) is 4.51. The van der Waals surface area contributed by atoms with E-state index in [0.717, 1.165) is 14.7 Å². The second-order valence-electron chi connectivity index (χ2n) is 6.02. The molecule has 1 amide bonds. The van der Waals surface area contributed by atoms with E-state index in [2.05, 4.69) is 33.1 Å². The van der Waals surface area contributed by atoms with Gasteiger partial charge in [0.2, 0.25) is 0 Å². The smallest absolute Gasteiger partial charge is 0.271 e. The number of benzene rings is 3. The van der Waals surface area contributed by atoms with E-state index >= 15 is 0 Å². The molecular formula is C22H18ClIN2O3. The third-order valence-corrected chi connectivity index (χ3v) is 4.98. The van der Waals surface area contributed by atoms with Crippen LogP contribution in [0.1, 0.15) is 21.5 Å². The number of carbonyl (C=O) groups excluding carboxylic acids is 1. The Labute approximate surface area is 187 Å². The van der Waals surface area contributed by atoms with Crippen LogP contribution in [0.4, 0.5) is 0 Å². The zero-order chi connectivity index (χ0) is 20.6. The number of carbonyl (C=O) groups is 1. The molecule has 0 aliphatic heterocycles. The van der Waals surface area contributed by atoms with Crippen LogP contribution in [-0.4, -0.2) is 19.2 Å².